The van der Waals surface area contributed by atoms with Gasteiger partial charge in [-0.05, 0) is 56.5 Å². The van der Waals surface area contributed by atoms with Crippen molar-refractivity contribution in [1.29, 1.82) is 0 Å². The number of benzene rings is 1. The van der Waals surface area contributed by atoms with Crippen LogP contribution in [-0.4, -0.2) is 35.3 Å². The van der Waals surface area contributed by atoms with Crippen LogP contribution in [-0.2, 0) is 16.0 Å². The molecule has 1 aliphatic rings. The summed E-state index contributed by atoms with van der Waals surface area (Å²) in [6.45, 7) is 7.34. The Labute approximate surface area is 159 Å². The second kappa shape index (κ2) is 8.50. The lowest BCUT2D eigenvalue weighted by Gasteiger charge is -2.18. The Morgan fingerprint density at radius 3 is 2.74 bits per heavy atom. The molecule has 2 heterocycles. The van der Waals surface area contributed by atoms with Crippen LogP contribution in [0.5, 0.6) is 5.88 Å². The number of pyridine rings is 1. The summed E-state index contributed by atoms with van der Waals surface area (Å²) >= 11 is 0. The number of hydrogen-bond acceptors (Lipinski definition) is 5. The Balaban J connectivity index is 1.59. The van der Waals surface area contributed by atoms with Gasteiger partial charge in [0, 0.05) is 30.0 Å². The van der Waals surface area contributed by atoms with E-state index in [1.54, 1.807) is 12.1 Å². The lowest BCUT2D eigenvalue weighted by Crippen LogP contribution is -2.23. The van der Waals surface area contributed by atoms with Crippen molar-refractivity contribution >= 4 is 5.91 Å². The van der Waals surface area contributed by atoms with Crippen molar-refractivity contribution in [3.05, 3.63) is 58.3 Å². The SMILES string of the molecule is Cc1cc(C)c(CNC(=O)c2ccc([C@@H](C)O[C@H]3CCOC3)cc2)c(O)n1. The molecule has 1 saturated heterocycles. The topological polar surface area (TPSA) is 80.7 Å². The zero-order valence-electron chi connectivity index (χ0n) is 16.0. The van der Waals surface area contributed by atoms with E-state index in [4.69, 9.17) is 9.47 Å². The van der Waals surface area contributed by atoms with Gasteiger partial charge in [-0.3, -0.25) is 4.79 Å². The number of rotatable bonds is 6. The maximum atomic E-state index is 12.4. The Morgan fingerprint density at radius 1 is 1.37 bits per heavy atom. The lowest BCUT2D eigenvalue weighted by molar-refractivity contribution is -0.00767. The first kappa shape index (κ1) is 19.3. The number of carbonyl (C=O) groups excluding carboxylic acids is 1. The Hall–Kier alpha value is -2.44. The maximum absolute atomic E-state index is 12.4. The van der Waals surface area contributed by atoms with Gasteiger partial charge in [-0.2, -0.15) is 0 Å². The van der Waals surface area contributed by atoms with Crippen LogP contribution in [0.2, 0.25) is 0 Å². The highest BCUT2D eigenvalue weighted by Gasteiger charge is 2.20. The van der Waals surface area contributed by atoms with E-state index in [1.165, 1.54) is 0 Å². The predicted molar refractivity (Wildman–Crippen MR) is 102 cm³/mol. The van der Waals surface area contributed by atoms with Crippen LogP contribution in [0.25, 0.3) is 0 Å². The molecule has 0 spiro atoms. The Morgan fingerprint density at radius 2 is 2.11 bits per heavy atom. The molecule has 1 aromatic carbocycles. The van der Waals surface area contributed by atoms with E-state index in [9.17, 15) is 9.90 Å². The van der Waals surface area contributed by atoms with Crippen LogP contribution in [0.3, 0.4) is 0 Å². The smallest absolute Gasteiger partial charge is 0.251 e. The number of hydrogen-bond donors (Lipinski definition) is 2. The van der Waals surface area contributed by atoms with Crippen molar-refractivity contribution in [2.45, 2.75) is 45.9 Å². The van der Waals surface area contributed by atoms with Gasteiger partial charge in [-0.15, -0.1) is 0 Å². The van der Waals surface area contributed by atoms with Gasteiger partial charge in [-0.25, -0.2) is 4.98 Å². The molecule has 0 saturated carbocycles. The average molecular weight is 370 g/mol. The van der Waals surface area contributed by atoms with Gasteiger partial charge in [0.05, 0.1) is 18.8 Å². The number of carbonyl (C=O) groups is 1. The third-order valence-corrected chi connectivity index (χ3v) is 4.81. The number of aromatic hydroxyl groups is 1. The van der Waals surface area contributed by atoms with Crippen molar-refractivity contribution in [2.75, 3.05) is 13.2 Å². The van der Waals surface area contributed by atoms with E-state index >= 15 is 0 Å². The first-order valence-corrected chi connectivity index (χ1v) is 9.21. The van der Waals surface area contributed by atoms with Gasteiger partial charge in [-0.1, -0.05) is 12.1 Å². The largest absolute Gasteiger partial charge is 0.493 e. The van der Waals surface area contributed by atoms with E-state index < -0.39 is 0 Å². The van der Waals surface area contributed by atoms with Crippen LogP contribution >= 0.6 is 0 Å². The fourth-order valence-corrected chi connectivity index (χ4v) is 3.23. The Kier molecular flexibility index (Phi) is 6.08. The molecule has 2 atom stereocenters. The van der Waals surface area contributed by atoms with Crippen molar-refractivity contribution in [1.82, 2.24) is 10.3 Å². The molecule has 0 aliphatic carbocycles. The van der Waals surface area contributed by atoms with Crippen LogP contribution in [0.4, 0.5) is 0 Å². The highest BCUT2D eigenvalue weighted by atomic mass is 16.5. The van der Waals surface area contributed by atoms with Crippen molar-refractivity contribution in [3.63, 3.8) is 0 Å². The molecule has 1 fully saturated rings. The first-order chi connectivity index (χ1) is 12.9. The zero-order valence-corrected chi connectivity index (χ0v) is 16.0. The Bertz CT molecular complexity index is 775. The standard InChI is InChI=1S/C21H26N2O4/c1-13-10-14(2)23-21(25)19(13)11-22-20(24)17-6-4-16(5-7-17)15(3)27-18-8-9-26-12-18/h4-7,10,15,18H,8-9,11-12H2,1-3H3,(H,22,24)(H,23,25)/t15-,18+/m1/s1. The molecule has 0 unspecified atom stereocenters. The molecule has 1 aromatic heterocycles. The molecule has 27 heavy (non-hydrogen) atoms. The fraction of sp³-hybridized carbons (Fsp3) is 0.429. The third-order valence-electron chi connectivity index (χ3n) is 4.81. The maximum Gasteiger partial charge on any atom is 0.251 e. The molecule has 2 N–H and O–H groups in total. The summed E-state index contributed by atoms with van der Waals surface area (Å²) in [5.74, 6) is -0.233. The summed E-state index contributed by atoms with van der Waals surface area (Å²) < 4.78 is 11.3. The number of aromatic nitrogens is 1. The normalized spacial score (nSPS) is 17.7. The minimum absolute atomic E-state index is 0.0370. The van der Waals surface area contributed by atoms with Gasteiger partial charge in [0.2, 0.25) is 5.88 Å². The van der Waals surface area contributed by atoms with E-state index in [2.05, 4.69) is 10.3 Å². The molecular weight excluding hydrogens is 344 g/mol. The van der Waals surface area contributed by atoms with Crippen molar-refractivity contribution in [3.8, 4) is 5.88 Å². The summed E-state index contributed by atoms with van der Waals surface area (Å²) in [5.41, 5.74) is 3.86. The van der Waals surface area contributed by atoms with Crippen LogP contribution < -0.4 is 5.32 Å². The highest BCUT2D eigenvalue weighted by Crippen LogP contribution is 2.23. The highest BCUT2D eigenvalue weighted by molar-refractivity contribution is 5.94. The number of nitrogens with zero attached hydrogens (tertiary/aromatic N) is 1. The van der Waals surface area contributed by atoms with Crippen molar-refractivity contribution < 1.29 is 19.4 Å². The minimum Gasteiger partial charge on any atom is -0.493 e. The van der Waals surface area contributed by atoms with Crippen LogP contribution in [0, 0.1) is 13.8 Å². The lowest BCUT2D eigenvalue weighted by atomic mass is 10.1. The van der Waals surface area contributed by atoms with Gasteiger partial charge >= 0.3 is 0 Å². The van der Waals surface area contributed by atoms with Gasteiger partial charge < -0.3 is 19.9 Å². The summed E-state index contributed by atoms with van der Waals surface area (Å²) in [5, 5.41) is 12.8. The van der Waals surface area contributed by atoms with Crippen LogP contribution in [0.15, 0.2) is 30.3 Å². The predicted octanol–water partition coefficient (Wildman–Crippen LogP) is 3.20. The summed E-state index contributed by atoms with van der Waals surface area (Å²) in [6.07, 6.45) is 1.01. The molecule has 144 valence electrons. The summed E-state index contributed by atoms with van der Waals surface area (Å²) in [7, 11) is 0. The van der Waals surface area contributed by atoms with Gasteiger partial charge in [0.25, 0.3) is 5.91 Å². The molecule has 2 aromatic rings. The molecule has 1 aliphatic heterocycles. The molecule has 6 nitrogen and oxygen atoms in total. The second-order valence-electron chi connectivity index (χ2n) is 6.95. The molecule has 6 heteroatoms. The van der Waals surface area contributed by atoms with Crippen LogP contribution in [0.1, 0.15) is 52.2 Å². The summed E-state index contributed by atoms with van der Waals surface area (Å²) in [6, 6.07) is 9.27. The number of aryl methyl sites for hydroxylation is 2. The molecule has 1 amide bonds. The first-order valence-electron chi connectivity index (χ1n) is 9.21. The average Bonchev–Trinajstić information content (AvgIpc) is 3.13. The number of ether oxygens (including phenoxy) is 2. The molecular formula is C21H26N2O4. The third kappa shape index (κ3) is 4.84. The van der Waals surface area contributed by atoms with Gasteiger partial charge in [0.1, 0.15) is 0 Å². The van der Waals surface area contributed by atoms with Gasteiger partial charge in [0.15, 0.2) is 0 Å². The monoisotopic (exact) mass is 370 g/mol. The van der Waals surface area contributed by atoms with E-state index in [-0.39, 0.29) is 30.5 Å². The summed E-state index contributed by atoms with van der Waals surface area (Å²) in [4.78, 5) is 16.4. The number of amides is 1. The quantitative estimate of drug-likeness (QED) is 0.816. The van der Waals surface area contributed by atoms with E-state index in [0.29, 0.717) is 17.7 Å². The van der Waals surface area contributed by atoms with E-state index in [0.717, 1.165) is 29.8 Å². The molecule has 0 bridgehead atoms. The van der Waals surface area contributed by atoms with Crippen molar-refractivity contribution in [2.24, 2.45) is 0 Å². The zero-order chi connectivity index (χ0) is 19.4. The molecule has 0 radical (unpaired) electrons. The second-order valence-corrected chi connectivity index (χ2v) is 6.95. The fourth-order valence-electron chi connectivity index (χ4n) is 3.23. The van der Waals surface area contributed by atoms with E-state index in [1.807, 2.05) is 39.0 Å². The minimum atomic E-state index is -0.196. The molecule has 3 rings (SSSR count). The number of nitrogens with one attached hydrogen (secondary N) is 1.